The van der Waals surface area contributed by atoms with Crippen LogP contribution < -0.4 is 15.8 Å². The number of carbonyl (C=O) groups is 1. The molecule has 0 aromatic heterocycles. The Morgan fingerprint density at radius 2 is 2.00 bits per heavy atom. The lowest BCUT2D eigenvalue weighted by Gasteiger charge is -2.11. The van der Waals surface area contributed by atoms with Gasteiger partial charge in [0, 0.05) is 12.2 Å². The molecule has 7 heteroatoms. The minimum Gasteiger partial charge on any atom is -0.399 e. The first-order chi connectivity index (χ1) is 9.22. The van der Waals surface area contributed by atoms with Gasteiger partial charge in [-0.3, -0.25) is 4.79 Å². The third kappa shape index (κ3) is 4.82. The largest absolute Gasteiger partial charge is 0.399 e. The average molecular weight is 299 g/mol. The van der Waals surface area contributed by atoms with Gasteiger partial charge in [0.2, 0.25) is 15.9 Å². The number of carbonyl (C=O) groups excluding carboxylic acids is 1. The van der Waals surface area contributed by atoms with Crippen LogP contribution in [0, 0.1) is 12.8 Å². The van der Waals surface area contributed by atoms with Crippen molar-refractivity contribution < 1.29 is 13.2 Å². The second kappa shape index (κ2) is 6.71. The summed E-state index contributed by atoms with van der Waals surface area (Å²) in [6.45, 7) is 5.81. The number of aryl methyl sites for hydroxylation is 1. The molecule has 0 radical (unpaired) electrons. The Labute approximate surface area is 119 Å². The number of amides is 1. The topological polar surface area (TPSA) is 101 Å². The van der Waals surface area contributed by atoms with E-state index < -0.39 is 10.0 Å². The number of hydrogen-bond donors (Lipinski definition) is 3. The maximum absolute atomic E-state index is 12.1. The van der Waals surface area contributed by atoms with E-state index in [4.69, 9.17) is 5.73 Å². The van der Waals surface area contributed by atoms with Gasteiger partial charge in [-0.1, -0.05) is 13.8 Å². The summed E-state index contributed by atoms with van der Waals surface area (Å²) >= 11 is 0. The second-order valence-corrected chi connectivity index (χ2v) is 6.78. The third-order valence-corrected chi connectivity index (χ3v) is 4.18. The van der Waals surface area contributed by atoms with E-state index in [0.29, 0.717) is 23.7 Å². The fourth-order valence-electron chi connectivity index (χ4n) is 1.59. The maximum Gasteiger partial charge on any atom is 0.241 e. The predicted molar refractivity (Wildman–Crippen MR) is 78.6 cm³/mol. The maximum atomic E-state index is 12.1. The lowest BCUT2D eigenvalue weighted by molar-refractivity contribution is -0.120. The molecular formula is C13H21N3O3S. The van der Waals surface area contributed by atoms with Gasteiger partial charge in [0.15, 0.2) is 0 Å². The highest BCUT2D eigenvalue weighted by atomic mass is 32.2. The fourth-order valence-corrected chi connectivity index (χ4v) is 2.80. The standard InChI is InChI=1S/C13H21N3O3S/c1-9(2)7-15-13(17)8-16-20(18,19)12-5-4-11(14)6-10(12)3/h4-6,9,16H,7-8,14H2,1-3H3,(H,15,17). The van der Waals surface area contributed by atoms with E-state index >= 15 is 0 Å². The van der Waals surface area contributed by atoms with E-state index in [1.165, 1.54) is 12.1 Å². The smallest absolute Gasteiger partial charge is 0.241 e. The molecule has 0 unspecified atom stereocenters. The molecule has 4 N–H and O–H groups in total. The Morgan fingerprint density at radius 3 is 2.55 bits per heavy atom. The van der Waals surface area contributed by atoms with Crippen LogP contribution in [0.1, 0.15) is 19.4 Å². The van der Waals surface area contributed by atoms with Crippen LogP contribution in [-0.2, 0) is 14.8 Å². The van der Waals surface area contributed by atoms with Crippen LogP contribution >= 0.6 is 0 Å². The minimum absolute atomic E-state index is 0.128. The number of nitrogens with one attached hydrogen (secondary N) is 2. The van der Waals surface area contributed by atoms with E-state index in [9.17, 15) is 13.2 Å². The zero-order valence-electron chi connectivity index (χ0n) is 11.9. The Kier molecular flexibility index (Phi) is 5.52. The van der Waals surface area contributed by atoms with Crippen LogP contribution in [0.2, 0.25) is 0 Å². The molecule has 1 rings (SSSR count). The Balaban J connectivity index is 2.68. The van der Waals surface area contributed by atoms with Crippen molar-refractivity contribution in [1.82, 2.24) is 10.0 Å². The quantitative estimate of drug-likeness (QED) is 0.670. The Hall–Kier alpha value is -1.60. The van der Waals surface area contributed by atoms with E-state index in [2.05, 4.69) is 10.0 Å². The molecule has 0 heterocycles. The SMILES string of the molecule is Cc1cc(N)ccc1S(=O)(=O)NCC(=O)NCC(C)C. The number of sulfonamides is 1. The van der Waals surface area contributed by atoms with Crippen LogP contribution in [0.5, 0.6) is 0 Å². The van der Waals surface area contributed by atoms with Gasteiger partial charge in [-0.2, -0.15) is 0 Å². The summed E-state index contributed by atoms with van der Waals surface area (Å²) in [6.07, 6.45) is 0. The molecule has 20 heavy (non-hydrogen) atoms. The lowest BCUT2D eigenvalue weighted by Crippen LogP contribution is -2.38. The summed E-state index contributed by atoms with van der Waals surface area (Å²) in [5.74, 6) is -0.0368. The molecule has 0 fully saturated rings. The highest BCUT2D eigenvalue weighted by molar-refractivity contribution is 7.89. The normalized spacial score (nSPS) is 11.6. The molecule has 0 bridgehead atoms. The van der Waals surface area contributed by atoms with Crippen molar-refractivity contribution in [2.75, 3.05) is 18.8 Å². The fraction of sp³-hybridized carbons (Fsp3) is 0.462. The van der Waals surface area contributed by atoms with Crippen molar-refractivity contribution in [3.63, 3.8) is 0 Å². The number of rotatable bonds is 6. The molecule has 0 aliphatic carbocycles. The number of hydrogen-bond acceptors (Lipinski definition) is 4. The summed E-state index contributed by atoms with van der Waals surface area (Å²) < 4.78 is 26.4. The van der Waals surface area contributed by atoms with Gasteiger partial charge in [0.1, 0.15) is 0 Å². The van der Waals surface area contributed by atoms with Crippen LogP contribution in [-0.4, -0.2) is 27.4 Å². The van der Waals surface area contributed by atoms with Gasteiger partial charge in [0.25, 0.3) is 0 Å². The second-order valence-electron chi connectivity index (χ2n) is 5.05. The van der Waals surface area contributed by atoms with Gasteiger partial charge >= 0.3 is 0 Å². The molecule has 0 saturated carbocycles. The summed E-state index contributed by atoms with van der Waals surface area (Å²) in [6, 6.07) is 4.52. The first-order valence-electron chi connectivity index (χ1n) is 6.35. The van der Waals surface area contributed by atoms with E-state index in [1.807, 2.05) is 13.8 Å². The molecule has 0 aliphatic heterocycles. The Bertz CT molecular complexity index is 583. The van der Waals surface area contributed by atoms with E-state index in [1.54, 1.807) is 13.0 Å². The van der Waals surface area contributed by atoms with Gasteiger partial charge in [-0.25, -0.2) is 13.1 Å². The highest BCUT2D eigenvalue weighted by Gasteiger charge is 2.17. The van der Waals surface area contributed by atoms with Gasteiger partial charge in [-0.05, 0) is 36.6 Å². The number of anilines is 1. The zero-order valence-corrected chi connectivity index (χ0v) is 12.8. The zero-order chi connectivity index (χ0) is 15.3. The summed E-state index contributed by atoms with van der Waals surface area (Å²) in [5.41, 5.74) is 6.62. The van der Waals surface area contributed by atoms with Crippen LogP contribution in [0.15, 0.2) is 23.1 Å². The number of nitrogen functional groups attached to an aromatic ring is 1. The van der Waals surface area contributed by atoms with Crippen molar-refractivity contribution in [3.8, 4) is 0 Å². The van der Waals surface area contributed by atoms with E-state index in [-0.39, 0.29) is 17.3 Å². The first-order valence-corrected chi connectivity index (χ1v) is 7.83. The van der Waals surface area contributed by atoms with Crippen molar-refractivity contribution >= 4 is 21.6 Å². The van der Waals surface area contributed by atoms with Crippen molar-refractivity contribution in [2.45, 2.75) is 25.7 Å². The van der Waals surface area contributed by atoms with Gasteiger partial charge in [0.05, 0.1) is 11.4 Å². The van der Waals surface area contributed by atoms with Crippen LogP contribution in [0.25, 0.3) is 0 Å². The highest BCUT2D eigenvalue weighted by Crippen LogP contribution is 2.17. The molecule has 1 amide bonds. The third-order valence-electron chi connectivity index (χ3n) is 2.62. The average Bonchev–Trinajstić information content (AvgIpc) is 2.33. The molecule has 0 aliphatic rings. The molecule has 0 spiro atoms. The van der Waals surface area contributed by atoms with Crippen molar-refractivity contribution in [1.29, 1.82) is 0 Å². The first kappa shape index (κ1) is 16.5. The Morgan fingerprint density at radius 1 is 1.35 bits per heavy atom. The summed E-state index contributed by atoms with van der Waals surface area (Å²) in [5, 5.41) is 2.64. The number of nitrogens with two attached hydrogens (primary N) is 1. The van der Waals surface area contributed by atoms with Gasteiger partial charge < -0.3 is 11.1 Å². The molecule has 1 aromatic carbocycles. The molecule has 112 valence electrons. The monoisotopic (exact) mass is 299 g/mol. The van der Waals surface area contributed by atoms with Crippen LogP contribution in [0.3, 0.4) is 0 Å². The lowest BCUT2D eigenvalue weighted by atomic mass is 10.2. The molecule has 6 nitrogen and oxygen atoms in total. The van der Waals surface area contributed by atoms with Crippen LogP contribution in [0.4, 0.5) is 5.69 Å². The molecule has 1 aromatic rings. The van der Waals surface area contributed by atoms with Crippen molar-refractivity contribution in [3.05, 3.63) is 23.8 Å². The summed E-state index contributed by atoms with van der Waals surface area (Å²) in [7, 11) is -3.71. The number of benzene rings is 1. The molecule has 0 saturated heterocycles. The minimum atomic E-state index is -3.71. The van der Waals surface area contributed by atoms with Gasteiger partial charge in [-0.15, -0.1) is 0 Å². The summed E-state index contributed by atoms with van der Waals surface area (Å²) in [4.78, 5) is 11.6. The molecule has 0 atom stereocenters. The molecular weight excluding hydrogens is 278 g/mol. The predicted octanol–water partition coefficient (Wildman–Crippen LogP) is 0.628. The van der Waals surface area contributed by atoms with Crippen molar-refractivity contribution in [2.24, 2.45) is 5.92 Å². The van der Waals surface area contributed by atoms with E-state index in [0.717, 1.165) is 0 Å².